The number of carboxylic acid groups (broad SMARTS) is 1. The van der Waals surface area contributed by atoms with Crippen molar-refractivity contribution in [1.29, 1.82) is 0 Å². The summed E-state index contributed by atoms with van der Waals surface area (Å²) in [6.45, 7) is 0.747. The SMILES string of the molecule is O=C(O)CCC1CCN(C(=O)c2c(F)cccc2F)C1. The second-order valence-corrected chi connectivity index (χ2v) is 4.93. The molecule has 20 heavy (non-hydrogen) atoms. The van der Waals surface area contributed by atoms with Crippen LogP contribution in [0.15, 0.2) is 18.2 Å². The van der Waals surface area contributed by atoms with Crippen LogP contribution >= 0.6 is 0 Å². The van der Waals surface area contributed by atoms with Gasteiger partial charge in [-0.15, -0.1) is 0 Å². The first-order valence-corrected chi connectivity index (χ1v) is 6.44. The minimum Gasteiger partial charge on any atom is -0.481 e. The highest BCUT2D eigenvalue weighted by molar-refractivity contribution is 5.95. The Morgan fingerprint density at radius 2 is 1.95 bits per heavy atom. The molecule has 1 amide bonds. The molecular weight excluding hydrogens is 268 g/mol. The summed E-state index contributed by atoms with van der Waals surface area (Å²) in [5.74, 6) is -3.22. The van der Waals surface area contributed by atoms with Crippen LogP contribution in [0.4, 0.5) is 8.78 Å². The number of hydrogen-bond acceptors (Lipinski definition) is 2. The number of hydrogen-bond donors (Lipinski definition) is 1. The van der Waals surface area contributed by atoms with E-state index in [1.54, 1.807) is 0 Å². The van der Waals surface area contributed by atoms with E-state index in [9.17, 15) is 18.4 Å². The molecule has 1 heterocycles. The number of halogens is 2. The molecule has 0 spiro atoms. The molecular formula is C14H15F2NO3. The van der Waals surface area contributed by atoms with Crippen molar-refractivity contribution in [3.63, 3.8) is 0 Å². The van der Waals surface area contributed by atoms with Gasteiger partial charge in [0.15, 0.2) is 0 Å². The van der Waals surface area contributed by atoms with Crippen LogP contribution in [0.25, 0.3) is 0 Å². The van der Waals surface area contributed by atoms with Crippen LogP contribution < -0.4 is 0 Å². The van der Waals surface area contributed by atoms with Gasteiger partial charge in [-0.3, -0.25) is 9.59 Å². The van der Waals surface area contributed by atoms with E-state index >= 15 is 0 Å². The van der Waals surface area contributed by atoms with Crippen molar-refractivity contribution in [2.24, 2.45) is 5.92 Å². The average Bonchev–Trinajstić information content (AvgIpc) is 2.84. The first-order chi connectivity index (χ1) is 9.49. The highest BCUT2D eigenvalue weighted by Gasteiger charge is 2.30. The molecule has 1 fully saturated rings. The van der Waals surface area contributed by atoms with Gasteiger partial charge in [0, 0.05) is 19.5 Å². The van der Waals surface area contributed by atoms with Gasteiger partial charge < -0.3 is 10.0 Å². The van der Waals surface area contributed by atoms with E-state index in [0.717, 1.165) is 12.1 Å². The largest absolute Gasteiger partial charge is 0.481 e. The summed E-state index contributed by atoms with van der Waals surface area (Å²) in [6.07, 6.45) is 1.18. The molecule has 1 unspecified atom stereocenters. The Kier molecular flexibility index (Phi) is 4.32. The van der Waals surface area contributed by atoms with Crippen molar-refractivity contribution in [3.05, 3.63) is 35.4 Å². The fraction of sp³-hybridized carbons (Fsp3) is 0.429. The number of carbonyl (C=O) groups excluding carboxylic acids is 1. The Labute approximate surface area is 115 Å². The third kappa shape index (κ3) is 3.12. The van der Waals surface area contributed by atoms with Crippen molar-refractivity contribution < 1.29 is 23.5 Å². The zero-order chi connectivity index (χ0) is 14.7. The molecule has 1 aliphatic rings. The maximum Gasteiger partial charge on any atom is 0.303 e. The van der Waals surface area contributed by atoms with Crippen LogP contribution in [0.3, 0.4) is 0 Å². The van der Waals surface area contributed by atoms with Gasteiger partial charge in [-0.2, -0.15) is 0 Å². The summed E-state index contributed by atoms with van der Waals surface area (Å²) in [5.41, 5.74) is -0.536. The predicted octanol–water partition coefficient (Wildman–Crippen LogP) is 2.29. The van der Waals surface area contributed by atoms with Crippen LogP contribution in [-0.2, 0) is 4.79 Å². The number of likely N-dealkylation sites (tertiary alicyclic amines) is 1. The molecule has 1 aliphatic heterocycles. The first-order valence-electron chi connectivity index (χ1n) is 6.44. The van der Waals surface area contributed by atoms with Gasteiger partial charge >= 0.3 is 5.97 Å². The van der Waals surface area contributed by atoms with Crippen molar-refractivity contribution >= 4 is 11.9 Å². The van der Waals surface area contributed by atoms with E-state index in [2.05, 4.69) is 0 Å². The highest BCUT2D eigenvalue weighted by Crippen LogP contribution is 2.24. The molecule has 1 atom stereocenters. The summed E-state index contributed by atoms with van der Waals surface area (Å²) in [6, 6.07) is 3.31. The lowest BCUT2D eigenvalue weighted by Crippen LogP contribution is -2.30. The molecule has 1 saturated heterocycles. The maximum absolute atomic E-state index is 13.5. The molecule has 108 valence electrons. The normalized spacial score (nSPS) is 18.3. The molecule has 4 nitrogen and oxygen atoms in total. The van der Waals surface area contributed by atoms with Gasteiger partial charge in [-0.1, -0.05) is 6.07 Å². The summed E-state index contributed by atoms with van der Waals surface area (Å²) in [4.78, 5) is 24.0. The van der Waals surface area contributed by atoms with E-state index < -0.39 is 29.1 Å². The monoisotopic (exact) mass is 283 g/mol. The molecule has 0 aromatic heterocycles. The Morgan fingerprint density at radius 3 is 2.55 bits per heavy atom. The fourth-order valence-corrected chi connectivity index (χ4v) is 2.44. The van der Waals surface area contributed by atoms with Crippen LogP contribution in [0.5, 0.6) is 0 Å². The molecule has 0 bridgehead atoms. The Morgan fingerprint density at radius 1 is 1.30 bits per heavy atom. The van der Waals surface area contributed by atoms with Gasteiger partial charge in [-0.05, 0) is 30.9 Å². The molecule has 1 aromatic rings. The average molecular weight is 283 g/mol. The second-order valence-electron chi connectivity index (χ2n) is 4.93. The summed E-state index contributed by atoms with van der Waals surface area (Å²) in [7, 11) is 0. The summed E-state index contributed by atoms with van der Waals surface area (Å²) < 4.78 is 27.1. The van der Waals surface area contributed by atoms with E-state index in [4.69, 9.17) is 5.11 Å². The quantitative estimate of drug-likeness (QED) is 0.922. The fourth-order valence-electron chi connectivity index (χ4n) is 2.44. The van der Waals surface area contributed by atoms with Gasteiger partial charge in [0.2, 0.25) is 0 Å². The van der Waals surface area contributed by atoms with Crippen molar-refractivity contribution in [2.45, 2.75) is 19.3 Å². The maximum atomic E-state index is 13.5. The molecule has 1 N–H and O–H groups in total. The second kappa shape index (κ2) is 5.98. The van der Waals surface area contributed by atoms with Crippen molar-refractivity contribution in [3.8, 4) is 0 Å². The van der Waals surface area contributed by atoms with E-state index in [-0.39, 0.29) is 12.3 Å². The van der Waals surface area contributed by atoms with E-state index in [1.807, 2.05) is 0 Å². The highest BCUT2D eigenvalue weighted by atomic mass is 19.1. The van der Waals surface area contributed by atoms with Gasteiger partial charge in [0.1, 0.15) is 17.2 Å². The van der Waals surface area contributed by atoms with E-state index in [0.29, 0.717) is 25.9 Å². The van der Waals surface area contributed by atoms with Crippen LogP contribution in [-0.4, -0.2) is 35.0 Å². The molecule has 0 aliphatic carbocycles. The number of carboxylic acids is 1. The Balaban J connectivity index is 2.03. The number of nitrogens with zero attached hydrogens (tertiary/aromatic N) is 1. The topological polar surface area (TPSA) is 57.6 Å². The lowest BCUT2D eigenvalue weighted by molar-refractivity contribution is -0.137. The first kappa shape index (κ1) is 14.4. The summed E-state index contributed by atoms with van der Waals surface area (Å²) >= 11 is 0. The number of benzene rings is 1. The van der Waals surface area contributed by atoms with Crippen LogP contribution in [0, 0.1) is 17.6 Å². The smallest absolute Gasteiger partial charge is 0.303 e. The lowest BCUT2D eigenvalue weighted by atomic mass is 10.0. The predicted molar refractivity (Wildman–Crippen MR) is 67.2 cm³/mol. The molecule has 2 rings (SSSR count). The minimum absolute atomic E-state index is 0.0424. The van der Waals surface area contributed by atoms with E-state index in [1.165, 1.54) is 11.0 Å². The van der Waals surface area contributed by atoms with Crippen LogP contribution in [0.2, 0.25) is 0 Å². The van der Waals surface area contributed by atoms with Crippen LogP contribution in [0.1, 0.15) is 29.6 Å². The Bertz CT molecular complexity index is 513. The third-order valence-electron chi connectivity index (χ3n) is 3.52. The molecule has 6 heteroatoms. The molecule has 0 saturated carbocycles. The number of amides is 1. The molecule has 1 aromatic carbocycles. The minimum atomic E-state index is -0.880. The zero-order valence-electron chi connectivity index (χ0n) is 10.8. The number of aliphatic carboxylic acids is 1. The summed E-state index contributed by atoms with van der Waals surface area (Å²) in [5, 5.41) is 8.62. The van der Waals surface area contributed by atoms with Gasteiger partial charge in [0.05, 0.1) is 0 Å². The lowest BCUT2D eigenvalue weighted by Gasteiger charge is -2.17. The number of carbonyl (C=O) groups is 2. The number of rotatable bonds is 4. The van der Waals surface area contributed by atoms with Gasteiger partial charge in [-0.25, -0.2) is 8.78 Å². The molecule has 0 radical (unpaired) electrons. The zero-order valence-corrected chi connectivity index (χ0v) is 10.8. The standard InChI is InChI=1S/C14H15F2NO3/c15-10-2-1-3-11(16)13(10)14(20)17-7-6-9(8-17)4-5-12(18)19/h1-3,9H,4-8H2,(H,18,19). The van der Waals surface area contributed by atoms with Gasteiger partial charge in [0.25, 0.3) is 5.91 Å². The third-order valence-corrected chi connectivity index (χ3v) is 3.52. The Hall–Kier alpha value is -1.98. The van der Waals surface area contributed by atoms with Crippen molar-refractivity contribution in [1.82, 2.24) is 4.90 Å². The van der Waals surface area contributed by atoms with Crippen molar-refractivity contribution in [2.75, 3.05) is 13.1 Å².